The van der Waals surface area contributed by atoms with E-state index in [0.717, 1.165) is 37.6 Å². The summed E-state index contributed by atoms with van der Waals surface area (Å²) in [7, 11) is 4.09. The lowest BCUT2D eigenvalue weighted by atomic mass is 10.1. The molecular weight excluding hydrogens is 204 g/mol. The molecule has 5 nitrogen and oxygen atoms in total. The number of hydrogen-bond acceptors (Lipinski definition) is 5. The largest absolute Gasteiger partial charge is 0.338 e. The van der Waals surface area contributed by atoms with Gasteiger partial charge in [-0.15, -0.1) is 0 Å². The molecule has 5 heteroatoms. The van der Waals surface area contributed by atoms with Crippen LogP contribution in [-0.2, 0) is 6.42 Å². The van der Waals surface area contributed by atoms with Crippen molar-refractivity contribution in [3.05, 3.63) is 11.7 Å². The first-order valence-corrected chi connectivity index (χ1v) is 5.96. The third-order valence-corrected chi connectivity index (χ3v) is 2.87. The van der Waals surface area contributed by atoms with Gasteiger partial charge in [0, 0.05) is 13.0 Å². The molecule has 0 saturated carbocycles. The fourth-order valence-corrected chi connectivity index (χ4v) is 1.90. The van der Waals surface area contributed by atoms with E-state index in [9.17, 15) is 0 Å². The van der Waals surface area contributed by atoms with Crippen molar-refractivity contribution in [2.75, 3.05) is 27.2 Å². The van der Waals surface area contributed by atoms with Gasteiger partial charge in [-0.2, -0.15) is 4.98 Å². The molecule has 0 radical (unpaired) electrons. The predicted octanol–water partition coefficient (Wildman–Crippen LogP) is 0.988. The first-order valence-electron chi connectivity index (χ1n) is 5.96. The van der Waals surface area contributed by atoms with Gasteiger partial charge in [-0.1, -0.05) is 11.6 Å². The topological polar surface area (TPSA) is 54.2 Å². The minimum atomic E-state index is 0.273. The standard InChI is InChI=1S/C11H20N4O/c1-15(2)8-6-10-13-11(16-14-10)9-5-3-4-7-12-9/h9,12H,3-8H2,1-2H3/t9-/m0/s1. The Bertz CT molecular complexity index is 318. The molecule has 1 saturated heterocycles. The third-order valence-electron chi connectivity index (χ3n) is 2.87. The van der Waals surface area contributed by atoms with Gasteiger partial charge in [-0.3, -0.25) is 0 Å². The van der Waals surface area contributed by atoms with Gasteiger partial charge in [-0.05, 0) is 33.5 Å². The molecule has 1 aliphatic heterocycles. The maximum atomic E-state index is 5.29. The molecule has 2 heterocycles. The molecule has 16 heavy (non-hydrogen) atoms. The van der Waals surface area contributed by atoms with Crippen LogP contribution in [0, 0.1) is 0 Å². The predicted molar refractivity (Wildman–Crippen MR) is 61.2 cm³/mol. The van der Waals surface area contributed by atoms with Crippen molar-refractivity contribution in [3.8, 4) is 0 Å². The third kappa shape index (κ3) is 3.02. The molecule has 1 aromatic heterocycles. The van der Waals surface area contributed by atoms with Crippen molar-refractivity contribution < 1.29 is 4.52 Å². The number of rotatable bonds is 4. The van der Waals surface area contributed by atoms with E-state index >= 15 is 0 Å². The Morgan fingerprint density at radius 3 is 3.00 bits per heavy atom. The molecule has 0 aromatic carbocycles. The number of nitrogens with zero attached hydrogens (tertiary/aromatic N) is 3. The van der Waals surface area contributed by atoms with E-state index in [1.54, 1.807) is 0 Å². The maximum Gasteiger partial charge on any atom is 0.243 e. The van der Waals surface area contributed by atoms with Crippen LogP contribution in [0.2, 0.25) is 0 Å². The van der Waals surface area contributed by atoms with Crippen molar-refractivity contribution in [1.29, 1.82) is 0 Å². The summed E-state index contributed by atoms with van der Waals surface area (Å²) in [6.45, 7) is 2.01. The molecule has 0 unspecified atom stereocenters. The van der Waals surface area contributed by atoms with Crippen molar-refractivity contribution in [2.45, 2.75) is 31.7 Å². The van der Waals surface area contributed by atoms with Gasteiger partial charge >= 0.3 is 0 Å². The fourth-order valence-electron chi connectivity index (χ4n) is 1.90. The molecule has 1 aliphatic rings. The Hall–Kier alpha value is -0.940. The van der Waals surface area contributed by atoms with E-state index in [1.807, 2.05) is 14.1 Å². The highest BCUT2D eigenvalue weighted by atomic mass is 16.5. The van der Waals surface area contributed by atoms with E-state index in [2.05, 4.69) is 20.4 Å². The molecular formula is C11H20N4O. The lowest BCUT2D eigenvalue weighted by Gasteiger charge is -2.19. The van der Waals surface area contributed by atoms with Crippen LogP contribution in [-0.4, -0.2) is 42.2 Å². The summed E-state index contributed by atoms with van der Waals surface area (Å²) in [5, 5.41) is 7.42. The van der Waals surface area contributed by atoms with Crippen LogP contribution < -0.4 is 5.32 Å². The van der Waals surface area contributed by atoms with Crippen molar-refractivity contribution in [3.63, 3.8) is 0 Å². The zero-order chi connectivity index (χ0) is 11.4. The number of hydrogen-bond donors (Lipinski definition) is 1. The molecule has 1 fully saturated rings. The van der Waals surface area contributed by atoms with Crippen molar-refractivity contribution >= 4 is 0 Å². The van der Waals surface area contributed by atoms with Crippen LogP contribution in [0.5, 0.6) is 0 Å². The quantitative estimate of drug-likeness (QED) is 0.826. The molecule has 90 valence electrons. The second kappa shape index (κ2) is 5.41. The van der Waals surface area contributed by atoms with E-state index in [1.165, 1.54) is 12.8 Å². The number of piperidine rings is 1. The Morgan fingerprint density at radius 2 is 2.31 bits per heavy atom. The number of nitrogens with one attached hydrogen (secondary N) is 1. The summed E-state index contributed by atoms with van der Waals surface area (Å²) in [6.07, 6.45) is 4.45. The zero-order valence-corrected chi connectivity index (χ0v) is 10.1. The van der Waals surface area contributed by atoms with Crippen LogP contribution in [0.1, 0.15) is 37.0 Å². The van der Waals surface area contributed by atoms with E-state index in [4.69, 9.17) is 4.52 Å². The van der Waals surface area contributed by atoms with Gasteiger partial charge in [0.2, 0.25) is 5.89 Å². The molecule has 1 atom stereocenters. The summed E-state index contributed by atoms with van der Waals surface area (Å²) in [5.74, 6) is 1.57. The van der Waals surface area contributed by atoms with Crippen LogP contribution in [0.15, 0.2) is 4.52 Å². The van der Waals surface area contributed by atoms with Crippen molar-refractivity contribution in [2.24, 2.45) is 0 Å². The summed E-state index contributed by atoms with van der Waals surface area (Å²) < 4.78 is 5.29. The van der Waals surface area contributed by atoms with E-state index in [-0.39, 0.29) is 6.04 Å². The average molecular weight is 224 g/mol. The SMILES string of the molecule is CN(C)CCc1noc([C@@H]2CCCCN2)n1. The zero-order valence-electron chi connectivity index (χ0n) is 10.1. The smallest absolute Gasteiger partial charge is 0.243 e. The molecule has 0 spiro atoms. The van der Waals surface area contributed by atoms with Gasteiger partial charge < -0.3 is 14.7 Å². The second-order valence-electron chi connectivity index (χ2n) is 4.60. The Morgan fingerprint density at radius 1 is 1.44 bits per heavy atom. The fraction of sp³-hybridized carbons (Fsp3) is 0.818. The molecule has 1 aromatic rings. The van der Waals surface area contributed by atoms with Gasteiger partial charge in [0.15, 0.2) is 5.82 Å². The first-order chi connectivity index (χ1) is 7.75. The second-order valence-corrected chi connectivity index (χ2v) is 4.60. The normalized spacial score (nSPS) is 21.6. The summed E-state index contributed by atoms with van der Waals surface area (Å²) in [5.41, 5.74) is 0. The summed E-state index contributed by atoms with van der Waals surface area (Å²) >= 11 is 0. The van der Waals surface area contributed by atoms with Gasteiger partial charge in [-0.25, -0.2) is 0 Å². The van der Waals surface area contributed by atoms with Gasteiger partial charge in [0.25, 0.3) is 0 Å². The first kappa shape index (κ1) is 11.5. The highest BCUT2D eigenvalue weighted by Gasteiger charge is 2.20. The summed E-state index contributed by atoms with van der Waals surface area (Å²) in [6, 6.07) is 0.273. The minimum Gasteiger partial charge on any atom is -0.338 e. The van der Waals surface area contributed by atoms with Crippen molar-refractivity contribution in [1.82, 2.24) is 20.4 Å². The van der Waals surface area contributed by atoms with E-state index in [0.29, 0.717) is 0 Å². The molecule has 0 amide bonds. The number of likely N-dealkylation sites (N-methyl/N-ethyl adjacent to an activating group) is 1. The summed E-state index contributed by atoms with van der Waals surface area (Å²) in [4.78, 5) is 6.56. The molecule has 1 N–H and O–H groups in total. The average Bonchev–Trinajstić information content (AvgIpc) is 2.76. The molecule has 0 aliphatic carbocycles. The van der Waals surface area contributed by atoms with E-state index < -0.39 is 0 Å². The highest BCUT2D eigenvalue weighted by molar-refractivity contribution is 4.94. The van der Waals surface area contributed by atoms with Crippen LogP contribution in [0.25, 0.3) is 0 Å². The lowest BCUT2D eigenvalue weighted by Crippen LogP contribution is -2.27. The molecule has 0 bridgehead atoms. The van der Waals surface area contributed by atoms with Crippen LogP contribution >= 0.6 is 0 Å². The van der Waals surface area contributed by atoms with Gasteiger partial charge in [0.05, 0.1) is 6.04 Å². The minimum absolute atomic E-state index is 0.273. The molecule has 2 rings (SSSR count). The Labute approximate surface area is 96.2 Å². The van der Waals surface area contributed by atoms with Crippen LogP contribution in [0.4, 0.5) is 0 Å². The van der Waals surface area contributed by atoms with Gasteiger partial charge in [0.1, 0.15) is 0 Å². The lowest BCUT2D eigenvalue weighted by molar-refractivity contribution is 0.295. The number of aromatic nitrogens is 2. The van der Waals surface area contributed by atoms with Crippen LogP contribution in [0.3, 0.4) is 0 Å². The monoisotopic (exact) mass is 224 g/mol. The Balaban J connectivity index is 1.90. The maximum absolute atomic E-state index is 5.29. The highest BCUT2D eigenvalue weighted by Crippen LogP contribution is 2.21. The Kier molecular flexibility index (Phi) is 3.90.